The average molecular weight is 303 g/mol. The molecular weight excluding hydrogens is 283 g/mol. The molecule has 3 nitrogen and oxygen atoms in total. The van der Waals surface area contributed by atoms with E-state index >= 15 is 0 Å². The van der Waals surface area contributed by atoms with E-state index in [1.807, 2.05) is 18.7 Å². The number of halogens is 3. The first-order chi connectivity index (χ1) is 9.73. The lowest BCUT2D eigenvalue weighted by molar-refractivity contribution is -0.137. The number of hydrogen-bond acceptors (Lipinski definition) is 3. The lowest BCUT2D eigenvalue weighted by Crippen LogP contribution is -2.53. The van der Waals surface area contributed by atoms with E-state index in [0.29, 0.717) is 26.3 Å². The van der Waals surface area contributed by atoms with E-state index in [9.17, 15) is 18.3 Å². The van der Waals surface area contributed by atoms with Crippen molar-refractivity contribution in [1.82, 2.24) is 4.90 Å². The quantitative estimate of drug-likeness (QED) is 0.932. The lowest BCUT2D eigenvalue weighted by Gasteiger charge is -2.44. The molecule has 21 heavy (non-hydrogen) atoms. The second-order valence-electron chi connectivity index (χ2n) is 5.78. The van der Waals surface area contributed by atoms with E-state index in [1.54, 1.807) is 0 Å². The third-order valence-electron chi connectivity index (χ3n) is 4.02. The Morgan fingerprint density at radius 1 is 1.19 bits per heavy atom. The Morgan fingerprint density at radius 2 is 1.81 bits per heavy atom. The predicted molar refractivity (Wildman–Crippen MR) is 72.9 cm³/mol. The van der Waals surface area contributed by atoms with Gasteiger partial charge in [-0.05, 0) is 31.5 Å². The molecule has 0 bridgehead atoms. The lowest BCUT2D eigenvalue weighted by atomic mass is 9.88. The van der Waals surface area contributed by atoms with Crippen LogP contribution in [0.5, 0.6) is 0 Å². The van der Waals surface area contributed by atoms with Crippen LogP contribution in [-0.2, 0) is 10.9 Å². The minimum Gasteiger partial charge on any atom is -0.386 e. The standard InChI is InChI=1S/C15H20F3NO2/c1-14(2,19-6-8-21-9-7-19)13(20)11-4-3-5-12(10-11)15(16,17)18/h3-5,10,13,20H,6-9H2,1-2H3. The molecule has 0 aliphatic carbocycles. The van der Waals surface area contributed by atoms with Crippen LogP contribution in [0.4, 0.5) is 13.2 Å². The zero-order valence-corrected chi connectivity index (χ0v) is 12.2. The number of ether oxygens (including phenoxy) is 1. The predicted octanol–water partition coefficient (Wildman–Crippen LogP) is 2.85. The molecule has 1 aromatic rings. The van der Waals surface area contributed by atoms with Crippen LogP contribution >= 0.6 is 0 Å². The van der Waals surface area contributed by atoms with Gasteiger partial charge < -0.3 is 9.84 Å². The molecule has 6 heteroatoms. The summed E-state index contributed by atoms with van der Waals surface area (Å²) in [5, 5.41) is 10.5. The van der Waals surface area contributed by atoms with E-state index in [0.717, 1.165) is 12.1 Å². The SMILES string of the molecule is CC(C)(C(O)c1cccc(C(F)(F)F)c1)N1CCOCC1. The molecule has 0 radical (unpaired) electrons. The molecule has 0 spiro atoms. The molecule has 118 valence electrons. The molecule has 0 amide bonds. The number of nitrogens with zero attached hydrogens (tertiary/aromatic N) is 1. The van der Waals surface area contributed by atoms with Crippen molar-refractivity contribution in [3.8, 4) is 0 Å². The summed E-state index contributed by atoms with van der Waals surface area (Å²) in [6, 6.07) is 4.89. The smallest absolute Gasteiger partial charge is 0.386 e. The highest BCUT2D eigenvalue weighted by Crippen LogP contribution is 2.35. The summed E-state index contributed by atoms with van der Waals surface area (Å²) in [4.78, 5) is 2.04. The maximum absolute atomic E-state index is 12.8. The molecule has 1 saturated heterocycles. The van der Waals surface area contributed by atoms with Gasteiger partial charge in [-0.1, -0.05) is 12.1 Å². The van der Waals surface area contributed by atoms with Gasteiger partial charge in [0.1, 0.15) is 0 Å². The molecule has 1 unspecified atom stereocenters. The fraction of sp³-hybridized carbons (Fsp3) is 0.600. The Kier molecular flexibility index (Phi) is 4.60. The molecule has 1 aromatic carbocycles. The van der Waals surface area contributed by atoms with Crippen molar-refractivity contribution in [1.29, 1.82) is 0 Å². The van der Waals surface area contributed by atoms with Crippen LogP contribution in [-0.4, -0.2) is 41.8 Å². The summed E-state index contributed by atoms with van der Waals surface area (Å²) in [6.07, 6.45) is -5.41. The van der Waals surface area contributed by atoms with Gasteiger partial charge in [-0.25, -0.2) is 0 Å². The van der Waals surface area contributed by atoms with Gasteiger partial charge in [-0.3, -0.25) is 4.90 Å². The van der Waals surface area contributed by atoms with Crippen LogP contribution in [0.3, 0.4) is 0 Å². The number of aliphatic hydroxyl groups is 1. The summed E-state index contributed by atoms with van der Waals surface area (Å²) in [7, 11) is 0. The monoisotopic (exact) mass is 303 g/mol. The third kappa shape index (κ3) is 3.56. The molecule has 1 fully saturated rings. The van der Waals surface area contributed by atoms with Crippen molar-refractivity contribution in [2.75, 3.05) is 26.3 Å². The van der Waals surface area contributed by atoms with Crippen LogP contribution in [0.25, 0.3) is 0 Å². The Morgan fingerprint density at radius 3 is 2.38 bits per heavy atom. The fourth-order valence-electron chi connectivity index (χ4n) is 2.61. The largest absolute Gasteiger partial charge is 0.416 e. The van der Waals surface area contributed by atoms with Crippen molar-refractivity contribution >= 4 is 0 Å². The summed E-state index contributed by atoms with van der Waals surface area (Å²) >= 11 is 0. The molecule has 1 aliphatic rings. The minimum atomic E-state index is -4.40. The van der Waals surface area contributed by atoms with E-state index in [-0.39, 0.29) is 5.56 Å². The fourth-order valence-corrected chi connectivity index (χ4v) is 2.61. The topological polar surface area (TPSA) is 32.7 Å². The Labute approximate surface area is 122 Å². The van der Waals surface area contributed by atoms with E-state index in [4.69, 9.17) is 4.74 Å². The molecule has 1 atom stereocenters. The third-order valence-corrected chi connectivity index (χ3v) is 4.02. The number of hydrogen-bond donors (Lipinski definition) is 1. The number of rotatable bonds is 3. The zero-order chi connectivity index (χ0) is 15.7. The maximum Gasteiger partial charge on any atom is 0.416 e. The highest BCUT2D eigenvalue weighted by atomic mass is 19.4. The second-order valence-corrected chi connectivity index (χ2v) is 5.78. The van der Waals surface area contributed by atoms with Crippen LogP contribution in [0, 0.1) is 0 Å². The number of morpholine rings is 1. The van der Waals surface area contributed by atoms with E-state index in [1.165, 1.54) is 12.1 Å². The molecule has 1 heterocycles. The first-order valence-electron chi connectivity index (χ1n) is 6.91. The van der Waals surface area contributed by atoms with Gasteiger partial charge in [0, 0.05) is 18.6 Å². The van der Waals surface area contributed by atoms with E-state index < -0.39 is 23.4 Å². The van der Waals surface area contributed by atoms with Crippen molar-refractivity contribution in [2.24, 2.45) is 0 Å². The molecule has 2 rings (SSSR count). The molecular formula is C15H20F3NO2. The summed E-state index contributed by atoms with van der Waals surface area (Å²) in [5.74, 6) is 0. The first kappa shape index (κ1) is 16.3. The Bertz CT molecular complexity index is 482. The zero-order valence-electron chi connectivity index (χ0n) is 12.2. The number of benzene rings is 1. The van der Waals surface area contributed by atoms with Gasteiger partial charge in [-0.2, -0.15) is 13.2 Å². The Hall–Kier alpha value is -1.11. The number of alkyl halides is 3. The summed E-state index contributed by atoms with van der Waals surface area (Å²) < 4.78 is 43.6. The van der Waals surface area contributed by atoms with Crippen LogP contribution < -0.4 is 0 Å². The highest BCUT2D eigenvalue weighted by molar-refractivity contribution is 5.29. The van der Waals surface area contributed by atoms with Crippen LogP contribution in [0.15, 0.2) is 24.3 Å². The van der Waals surface area contributed by atoms with E-state index in [2.05, 4.69) is 0 Å². The summed E-state index contributed by atoms with van der Waals surface area (Å²) in [5.41, 5.74) is -1.12. The Balaban J connectivity index is 2.24. The van der Waals surface area contributed by atoms with Crippen molar-refractivity contribution in [3.05, 3.63) is 35.4 Å². The van der Waals surface area contributed by atoms with Crippen molar-refractivity contribution in [3.63, 3.8) is 0 Å². The molecule has 0 saturated carbocycles. The maximum atomic E-state index is 12.8. The van der Waals surface area contributed by atoms with Gasteiger partial charge in [0.15, 0.2) is 0 Å². The molecule has 1 N–H and O–H groups in total. The normalized spacial score (nSPS) is 19.5. The molecule has 1 aliphatic heterocycles. The van der Waals surface area contributed by atoms with Gasteiger partial charge in [0.2, 0.25) is 0 Å². The van der Waals surface area contributed by atoms with Gasteiger partial charge in [-0.15, -0.1) is 0 Å². The van der Waals surface area contributed by atoms with Gasteiger partial charge >= 0.3 is 6.18 Å². The summed E-state index contributed by atoms with van der Waals surface area (Å²) in [6.45, 7) is 6.12. The second kappa shape index (κ2) is 5.94. The average Bonchev–Trinajstić information content (AvgIpc) is 2.46. The molecule has 0 aromatic heterocycles. The van der Waals surface area contributed by atoms with Crippen LogP contribution in [0.2, 0.25) is 0 Å². The minimum absolute atomic E-state index is 0.279. The first-order valence-corrected chi connectivity index (χ1v) is 6.91. The number of aliphatic hydroxyl groups excluding tert-OH is 1. The van der Waals surface area contributed by atoms with Crippen molar-refractivity contribution < 1.29 is 23.0 Å². The van der Waals surface area contributed by atoms with Gasteiger partial charge in [0.05, 0.1) is 24.9 Å². The highest BCUT2D eigenvalue weighted by Gasteiger charge is 2.37. The van der Waals surface area contributed by atoms with Crippen molar-refractivity contribution in [2.45, 2.75) is 31.7 Å². The van der Waals surface area contributed by atoms with Gasteiger partial charge in [0.25, 0.3) is 0 Å². The van der Waals surface area contributed by atoms with Crippen LogP contribution in [0.1, 0.15) is 31.1 Å².